The number of aliphatic imine (C=N–C) groups is 1. The van der Waals surface area contributed by atoms with Gasteiger partial charge in [0.1, 0.15) is 18.7 Å². The lowest BCUT2D eigenvalue weighted by atomic mass is 10.5. The van der Waals surface area contributed by atoms with E-state index in [4.69, 9.17) is 4.74 Å². The molecule has 0 atom stereocenters. The maximum Gasteiger partial charge on any atom is 0.194 e. The standard InChI is InChI=1S/C14H26N6O.HI/c1-4-15-14(16-9-13-17-11-18-20(13)3)19(2)7-8-21-10-12-5-6-12;/h11-12H,4-10H2,1-3H3,(H,15,16);1H. The molecule has 0 saturated heterocycles. The van der Waals surface area contributed by atoms with Crippen LogP contribution in [0.25, 0.3) is 0 Å². The van der Waals surface area contributed by atoms with Crippen LogP contribution in [-0.2, 0) is 18.3 Å². The molecule has 22 heavy (non-hydrogen) atoms. The van der Waals surface area contributed by atoms with Gasteiger partial charge in [-0.2, -0.15) is 5.10 Å². The summed E-state index contributed by atoms with van der Waals surface area (Å²) < 4.78 is 7.42. The van der Waals surface area contributed by atoms with Gasteiger partial charge in [-0.25, -0.2) is 9.98 Å². The summed E-state index contributed by atoms with van der Waals surface area (Å²) in [4.78, 5) is 10.9. The van der Waals surface area contributed by atoms with Crippen LogP contribution < -0.4 is 5.32 Å². The Morgan fingerprint density at radius 3 is 2.91 bits per heavy atom. The SMILES string of the molecule is CCNC(=NCc1ncnn1C)N(C)CCOCC1CC1.I. The molecule has 1 fully saturated rings. The van der Waals surface area contributed by atoms with Crippen molar-refractivity contribution < 1.29 is 4.74 Å². The van der Waals surface area contributed by atoms with E-state index in [0.717, 1.165) is 44.0 Å². The first-order chi connectivity index (χ1) is 10.2. The van der Waals surface area contributed by atoms with Gasteiger partial charge in [0, 0.05) is 33.8 Å². The summed E-state index contributed by atoms with van der Waals surface area (Å²) in [7, 11) is 3.90. The minimum Gasteiger partial charge on any atom is -0.379 e. The molecule has 0 amide bonds. The van der Waals surface area contributed by atoms with E-state index in [0.29, 0.717) is 6.54 Å². The van der Waals surface area contributed by atoms with E-state index >= 15 is 0 Å². The average molecular weight is 422 g/mol. The number of likely N-dealkylation sites (N-methyl/N-ethyl adjacent to an activating group) is 1. The highest BCUT2D eigenvalue weighted by Gasteiger charge is 2.21. The van der Waals surface area contributed by atoms with Crippen molar-refractivity contribution in [3.05, 3.63) is 12.2 Å². The number of aromatic nitrogens is 3. The third-order valence-electron chi connectivity index (χ3n) is 3.49. The van der Waals surface area contributed by atoms with Crippen LogP contribution in [0.3, 0.4) is 0 Å². The molecule has 0 bridgehead atoms. The molecule has 2 rings (SSSR count). The normalized spacial score (nSPS) is 14.6. The number of ether oxygens (including phenoxy) is 1. The fourth-order valence-electron chi connectivity index (χ4n) is 1.92. The number of aryl methyl sites for hydroxylation is 1. The maximum absolute atomic E-state index is 5.68. The molecule has 0 radical (unpaired) electrons. The Morgan fingerprint density at radius 2 is 2.32 bits per heavy atom. The average Bonchev–Trinajstić information content (AvgIpc) is 3.21. The van der Waals surface area contributed by atoms with Gasteiger partial charge in [0.25, 0.3) is 0 Å². The summed E-state index contributed by atoms with van der Waals surface area (Å²) in [6.07, 6.45) is 4.21. The molecule has 0 spiro atoms. The van der Waals surface area contributed by atoms with E-state index in [1.54, 1.807) is 11.0 Å². The van der Waals surface area contributed by atoms with Crippen molar-refractivity contribution in [2.75, 3.05) is 33.4 Å². The first kappa shape index (κ1) is 19.1. The molecule has 0 aromatic carbocycles. The van der Waals surface area contributed by atoms with Crippen LogP contribution in [0.1, 0.15) is 25.6 Å². The predicted molar refractivity (Wildman–Crippen MR) is 97.4 cm³/mol. The summed E-state index contributed by atoms with van der Waals surface area (Å²) in [5, 5.41) is 7.34. The zero-order chi connectivity index (χ0) is 15.1. The molecule has 1 heterocycles. The molecule has 0 unspecified atom stereocenters. The Bertz CT molecular complexity index is 460. The number of hydrogen-bond acceptors (Lipinski definition) is 4. The molecular formula is C14H27IN6O. The Morgan fingerprint density at radius 1 is 1.55 bits per heavy atom. The van der Waals surface area contributed by atoms with Gasteiger partial charge in [-0.1, -0.05) is 0 Å². The fourth-order valence-corrected chi connectivity index (χ4v) is 1.92. The van der Waals surface area contributed by atoms with E-state index in [1.165, 1.54) is 12.8 Å². The molecule has 0 aliphatic heterocycles. The Labute approximate surface area is 149 Å². The summed E-state index contributed by atoms with van der Waals surface area (Å²) in [6.45, 7) is 5.89. The minimum absolute atomic E-state index is 0. The zero-order valence-electron chi connectivity index (χ0n) is 13.7. The van der Waals surface area contributed by atoms with Gasteiger partial charge >= 0.3 is 0 Å². The topological polar surface area (TPSA) is 67.6 Å². The smallest absolute Gasteiger partial charge is 0.194 e. The van der Waals surface area contributed by atoms with Crippen molar-refractivity contribution in [1.29, 1.82) is 0 Å². The molecule has 1 saturated carbocycles. The highest BCUT2D eigenvalue weighted by atomic mass is 127. The lowest BCUT2D eigenvalue weighted by molar-refractivity contribution is 0.115. The van der Waals surface area contributed by atoms with Gasteiger partial charge in [0.15, 0.2) is 5.96 Å². The molecule has 8 heteroatoms. The molecule has 1 aromatic heterocycles. The van der Waals surface area contributed by atoms with Gasteiger partial charge in [0.05, 0.1) is 6.61 Å². The number of halogens is 1. The number of nitrogens with zero attached hydrogens (tertiary/aromatic N) is 5. The van der Waals surface area contributed by atoms with Gasteiger partial charge in [-0.15, -0.1) is 24.0 Å². The predicted octanol–water partition coefficient (Wildman–Crippen LogP) is 1.26. The maximum atomic E-state index is 5.68. The Hall–Kier alpha value is -0.900. The van der Waals surface area contributed by atoms with E-state index in [2.05, 4.69) is 32.2 Å². The second-order valence-electron chi connectivity index (χ2n) is 5.41. The molecule has 1 aliphatic rings. The van der Waals surface area contributed by atoms with Gasteiger partial charge in [0.2, 0.25) is 0 Å². The number of guanidine groups is 1. The summed E-state index contributed by atoms with van der Waals surface area (Å²) >= 11 is 0. The Balaban J connectivity index is 0.00000242. The second kappa shape index (κ2) is 9.98. The van der Waals surface area contributed by atoms with Gasteiger partial charge in [-0.05, 0) is 25.7 Å². The summed E-state index contributed by atoms with van der Waals surface area (Å²) in [5.74, 6) is 2.53. The minimum atomic E-state index is 0. The van der Waals surface area contributed by atoms with Gasteiger partial charge in [-0.3, -0.25) is 4.68 Å². The highest BCUT2D eigenvalue weighted by molar-refractivity contribution is 14.0. The van der Waals surface area contributed by atoms with Crippen LogP contribution in [0.2, 0.25) is 0 Å². The number of nitrogens with one attached hydrogen (secondary N) is 1. The van der Waals surface area contributed by atoms with Crippen molar-refractivity contribution in [2.24, 2.45) is 18.0 Å². The summed E-state index contributed by atoms with van der Waals surface area (Å²) in [6, 6.07) is 0. The molecule has 1 aromatic rings. The van der Waals surface area contributed by atoms with E-state index in [1.807, 2.05) is 14.1 Å². The highest BCUT2D eigenvalue weighted by Crippen LogP contribution is 2.28. The third-order valence-corrected chi connectivity index (χ3v) is 3.49. The lowest BCUT2D eigenvalue weighted by Crippen LogP contribution is -2.40. The summed E-state index contributed by atoms with van der Waals surface area (Å²) in [5.41, 5.74) is 0. The first-order valence-corrected chi connectivity index (χ1v) is 7.60. The fraction of sp³-hybridized carbons (Fsp3) is 0.786. The van der Waals surface area contributed by atoms with Crippen LogP contribution >= 0.6 is 24.0 Å². The van der Waals surface area contributed by atoms with Crippen molar-refractivity contribution in [1.82, 2.24) is 25.0 Å². The van der Waals surface area contributed by atoms with E-state index < -0.39 is 0 Å². The van der Waals surface area contributed by atoms with Gasteiger partial charge < -0.3 is 15.0 Å². The van der Waals surface area contributed by atoms with Crippen LogP contribution in [0.5, 0.6) is 0 Å². The third kappa shape index (κ3) is 6.47. The number of hydrogen-bond donors (Lipinski definition) is 1. The molecular weight excluding hydrogens is 395 g/mol. The molecule has 1 aliphatic carbocycles. The zero-order valence-corrected chi connectivity index (χ0v) is 16.0. The first-order valence-electron chi connectivity index (χ1n) is 7.60. The lowest BCUT2D eigenvalue weighted by Gasteiger charge is -2.21. The Kier molecular flexibility index (Phi) is 8.69. The van der Waals surface area contributed by atoms with E-state index in [-0.39, 0.29) is 24.0 Å². The monoisotopic (exact) mass is 422 g/mol. The van der Waals surface area contributed by atoms with Crippen molar-refractivity contribution in [3.63, 3.8) is 0 Å². The van der Waals surface area contributed by atoms with Crippen molar-refractivity contribution >= 4 is 29.9 Å². The number of rotatable bonds is 8. The van der Waals surface area contributed by atoms with Crippen LogP contribution in [-0.4, -0.2) is 59.0 Å². The van der Waals surface area contributed by atoms with Crippen LogP contribution in [0.4, 0.5) is 0 Å². The van der Waals surface area contributed by atoms with Crippen molar-refractivity contribution in [2.45, 2.75) is 26.3 Å². The van der Waals surface area contributed by atoms with Crippen LogP contribution in [0.15, 0.2) is 11.3 Å². The molecule has 1 N–H and O–H groups in total. The molecule has 7 nitrogen and oxygen atoms in total. The quantitative estimate of drug-likeness (QED) is 0.296. The van der Waals surface area contributed by atoms with Crippen molar-refractivity contribution in [3.8, 4) is 0 Å². The van der Waals surface area contributed by atoms with E-state index in [9.17, 15) is 0 Å². The second-order valence-corrected chi connectivity index (χ2v) is 5.41. The largest absolute Gasteiger partial charge is 0.379 e. The van der Waals surface area contributed by atoms with Crippen LogP contribution in [0, 0.1) is 5.92 Å². The molecule has 126 valence electrons.